The topological polar surface area (TPSA) is 46.2 Å². The molecule has 0 unspecified atom stereocenters. The van der Waals surface area contributed by atoms with Crippen molar-refractivity contribution in [3.8, 4) is 0 Å². The van der Waals surface area contributed by atoms with Crippen LogP contribution in [0.25, 0.3) is 0 Å². The van der Waals surface area contributed by atoms with Crippen molar-refractivity contribution in [2.24, 2.45) is 5.73 Å². The van der Waals surface area contributed by atoms with Gasteiger partial charge in [-0.3, -0.25) is 0 Å². The molecule has 0 spiro atoms. The Morgan fingerprint density at radius 1 is 1.17 bits per heavy atom. The number of alkyl halides is 3. The van der Waals surface area contributed by atoms with Crippen LogP contribution in [0.2, 0.25) is 0 Å². The van der Waals surface area contributed by atoms with Gasteiger partial charge in [0.05, 0.1) is 6.04 Å². The van der Waals surface area contributed by atoms with E-state index in [1.807, 2.05) is 0 Å². The maximum atomic E-state index is 13.3. The number of nitrogens with two attached hydrogens (primary N) is 1. The average Bonchev–Trinajstić information content (AvgIpc) is 2.13. The second kappa shape index (κ2) is 6.14. The highest BCUT2D eigenvalue weighted by atomic mass is 79.9. The predicted molar refractivity (Wildman–Crippen MR) is 60.3 cm³/mol. The largest absolute Gasteiger partial charge is 0.416 e. The summed E-state index contributed by atoms with van der Waals surface area (Å²) in [4.78, 5) is 0. The van der Waals surface area contributed by atoms with Crippen LogP contribution < -0.4 is 5.73 Å². The summed E-state index contributed by atoms with van der Waals surface area (Å²) in [5, 5.41) is 8.83. The Morgan fingerprint density at radius 2 is 1.56 bits per heavy atom. The normalized spacial score (nSPS) is 14.9. The van der Waals surface area contributed by atoms with Gasteiger partial charge in [0.15, 0.2) is 6.10 Å². The average molecular weight is 357 g/mol. The van der Waals surface area contributed by atoms with E-state index >= 15 is 0 Å². The quantitative estimate of drug-likeness (QED) is 0.800. The Bertz CT molecular complexity index is 405. The van der Waals surface area contributed by atoms with Crippen molar-refractivity contribution in [1.29, 1.82) is 0 Å². The Balaban J connectivity index is 0.00000289. The van der Waals surface area contributed by atoms with E-state index in [9.17, 15) is 22.0 Å². The van der Waals surface area contributed by atoms with Gasteiger partial charge in [-0.25, -0.2) is 8.78 Å². The molecule has 1 aromatic carbocycles. The van der Waals surface area contributed by atoms with E-state index in [0.717, 1.165) is 12.1 Å². The third-order valence-corrected chi connectivity index (χ3v) is 2.51. The maximum absolute atomic E-state index is 13.3. The van der Waals surface area contributed by atoms with Crippen molar-refractivity contribution in [1.82, 2.24) is 0 Å². The van der Waals surface area contributed by atoms with E-state index in [-0.39, 0.29) is 16.9 Å². The molecule has 2 nitrogen and oxygen atoms in total. The van der Waals surface area contributed by atoms with Gasteiger partial charge >= 0.3 is 6.18 Å². The monoisotopic (exact) mass is 355 g/mol. The van der Waals surface area contributed by atoms with Crippen molar-refractivity contribution in [2.75, 3.05) is 0 Å². The Kier molecular flexibility index (Phi) is 5.99. The maximum Gasteiger partial charge on any atom is 0.416 e. The van der Waals surface area contributed by atoms with E-state index in [4.69, 9.17) is 10.8 Å². The molecule has 0 saturated carbocycles. The Labute approximate surface area is 114 Å². The molecule has 0 saturated heterocycles. The second-order valence-corrected chi connectivity index (χ2v) is 4.21. The molecule has 0 aliphatic carbocycles. The third-order valence-electron chi connectivity index (χ3n) is 2.05. The molecule has 2 atom stereocenters. The van der Waals surface area contributed by atoms with Crippen LogP contribution in [0.5, 0.6) is 0 Å². The fourth-order valence-electron chi connectivity index (χ4n) is 1.23. The van der Waals surface area contributed by atoms with Gasteiger partial charge in [-0.2, -0.15) is 13.2 Å². The van der Waals surface area contributed by atoms with Gasteiger partial charge in [0.1, 0.15) is 11.6 Å². The first-order valence-corrected chi connectivity index (χ1v) is 5.08. The summed E-state index contributed by atoms with van der Waals surface area (Å²) in [6, 6.07) is -0.689. The lowest BCUT2D eigenvalue weighted by molar-refractivity contribution is -0.210. The summed E-state index contributed by atoms with van der Waals surface area (Å²) in [7, 11) is 0. The zero-order chi connectivity index (χ0) is 13.4. The SMILES string of the molecule is Cl.N[C@H](c1c(F)cc(Br)cc1F)[C@@H](O)C(F)(F)F. The fraction of sp³-hybridized carbons (Fsp3) is 0.333. The fourth-order valence-corrected chi connectivity index (χ4v) is 1.64. The van der Waals surface area contributed by atoms with Crippen molar-refractivity contribution < 1.29 is 27.1 Å². The van der Waals surface area contributed by atoms with Crippen LogP contribution in [0.1, 0.15) is 11.6 Å². The molecule has 0 heterocycles. The third kappa shape index (κ3) is 3.78. The number of rotatable bonds is 2. The molecule has 0 aliphatic heterocycles. The van der Waals surface area contributed by atoms with Crippen LogP contribution >= 0.6 is 28.3 Å². The highest BCUT2D eigenvalue weighted by Gasteiger charge is 2.44. The first kappa shape index (κ1) is 17.6. The van der Waals surface area contributed by atoms with Crippen LogP contribution in [-0.4, -0.2) is 17.4 Å². The standard InChI is InChI=1S/C9H7BrF5NO.ClH/c10-3-1-4(11)6(5(12)2-3)7(16)8(17)9(13,14)15;/h1-2,7-8,17H,16H2;1H/t7-,8-;/m1./s1. The van der Waals surface area contributed by atoms with Crippen molar-refractivity contribution in [3.05, 3.63) is 33.8 Å². The van der Waals surface area contributed by atoms with E-state index in [2.05, 4.69) is 15.9 Å². The molecule has 9 heteroatoms. The van der Waals surface area contributed by atoms with E-state index in [1.165, 1.54) is 0 Å². The molecule has 0 aliphatic rings. The van der Waals surface area contributed by atoms with Crippen LogP contribution in [0.4, 0.5) is 22.0 Å². The highest BCUT2D eigenvalue weighted by molar-refractivity contribution is 9.10. The van der Waals surface area contributed by atoms with Gasteiger partial charge in [0.2, 0.25) is 0 Å². The smallest absolute Gasteiger partial charge is 0.382 e. The van der Waals surface area contributed by atoms with Crippen LogP contribution in [0.15, 0.2) is 16.6 Å². The van der Waals surface area contributed by atoms with E-state index in [0.29, 0.717) is 0 Å². The summed E-state index contributed by atoms with van der Waals surface area (Å²) in [5.41, 5.74) is 4.01. The van der Waals surface area contributed by atoms with Crippen molar-refractivity contribution >= 4 is 28.3 Å². The molecule has 104 valence electrons. The van der Waals surface area contributed by atoms with Gasteiger partial charge in [0, 0.05) is 10.0 Å². The summed E-state index contributed by atoms with van der Waals surface area (Å²) in [6.45, 7) is 0. The molecule has 0 aromatic heterocycles. The Hall–Kier alpha value is -0.440. The lowest BCUT2D eigenvalue weighted by Crippen LogP contribution is -2.39. The highest BCUT2D eigenvalue weighted by Crippen LogP contribution is 2.32. The lowest BCUT2D eigenvalue weighted by Gasteiger charge is -2.22. The minimum Gasteiger partial charge on any atom is -0.382 e. The molecule has 18 heavy (non-hydrogen) atoms. The van der Waals surface area contributed by atoms with Gasteiger partial charge in [-0.05, 0) is 12.1 Å². The zero-order valence-corrected chi connectivity index (χ0v) is 10.9. The molecule has 1 aromatic rings. The van der Waals surface area contributed by atoms with Crippen molar-refractivity contribution in [3.63, 3.8) is 0 Å². The molecule has 3 N–H and O–H groups in total. The summed E-state index contributed by atoms with van der Waals surface area (Å²) in [6.07, 6.45) is -8.08. The van der Waals surface area contributed by atoms with Crippen LogP contribution in [0.3, 0.4) is 0 Å². The number of benzene rings is 1. The minimum absolute atomic E-state index is 0. The number of aliphatic hydroxyl groups excluding tert-OH is 1. The number of hydrogen-bond donors (Lipinski definition) is 2. The summed E-state index contributed by atoms with van der Waals surface area (Å²) < 4.78 is 63.0. The zero-order valence-electron chi connectivity index (χ0n) is 8.51. The van der Waals surface area contributed by atoms with Gasteiger partial charge in [-0.15, -0.1) is 12.4 Å². The molecule has 0 bridgehead atoms. The molecule has 0 fully saturated rings. The molecular weight excluding hydrogens is 348 g/mol. The predicted octanol–water partition coefficient (Wildman–Crippen LogP) is 3.07. The molecular formula is C9H8BrClF5NO. The molecule has 0 radical (unpaired) electrons. The summed E-state index contributed by atoms with van der Waals surface area (Å²) >= 11 is 2.77. The van der Waals surface area contributed by atoms with Gasteiger partial charge in [0.25, 0.3) is 0 Å². The number of hydrogen-bond acceptors (Lipinski definition) is 2. The van der Waals surface area contributed by atoms with Crippen LogP contribution in [0, 0.1) is 11.6 Å². The van der Waals surface area contributed by atoms with Crippen molar-refractivity contribution in [2.45, 2.75) is 18.3 Å². The number of halogens is 7. The van der Waals surface area contributed by atoms with Gasteiger partial charge < -0.3 is 10.8 Å². The summed E-state index contributed by atoms with van der Waals surface area (Å²) in [5.74, 6) is -2.51. The first-order chi connectivity index (χ1) is 7.64. The minimum atomic E-state index is -5.05. The van der Waals surface area contributed by atoms with Gasteiger partial charge in [-0.1, -0.05) is 15.9 Å². The molecule has 0 amide bonds. The van der Waals surface area contributed by atoms with E-state index in [1.54, 1.807) is 0 Å². The lowest BCUT2D eigenvalue weighted by atomic mass is 10.0. The Morgan fingerprint density at radius 3 is 1.89 bits per heavy atom. The van der Waals surface area contributed by atoms with E-state index < -0.39 is 35.5 Å². The first-order valence-electron chi connectivity index (χ1n) is 4.29. The molecule has 1 rings (SSSR count). The second-order valence-electron chi connectivity index (χ2n) is 3.30. The van der Waals surface area contributed by atoms with Crippen LogP contribution in [-0.2, 0) is 0 Å². The number of aliphatic hydroxyl groups is 1.